The lowest BCUT2D eigenvalue weighted by Crippen LogP contribution is -2.23. The molecule has 0 spiro atoms. The van der Waals surface area contributed by atoms with Crippen LogP contribution in [0.4, 0.5) is 5.82 Å². The van der Waals surface area contributed by atoms with Crippen LogP contribution in [-0.4, -0.2) is 29.6 Å². The molecule has 0 aliphatic carbocycles. The number of esters is 1. The van der Waals surface area contributed by atoms with Gasteiger partial charge in [-0.05, 0) is 19.1 Å². The average molecular weight is 261 g/mol. The molecule has 19 heavy (non-hydrogen) atoms. The van der Waals surface area contributed by atoms with Gasteiger partial charge in [-0.1, -0.05) is 0 Å². The summed E-state index contributed by atoms with van der Waals surface area (Å²) in [5.41, 5.74) is 0.195. The lowest BCUT2D eigenvalue weighted by molar-refractivity contribution is 0.0593. The SMILES string of the molecule is CCN(Cc1ccco1)c1cnc(C(=O)OC)cn1. The van der Waals surface area contributed by atoms with Crippen LogP contribution in [-0.2, 0) is 11.3 Å². The van der Waals surface area contributed by atoms with Crippen LogP contribution in [0.1, 0.15) is 23.2 Å². The summed E-state index contributed by atoms with van der Waals surface area (Å²) >= 11 is 0. The molecule has 0 aromatic carbocycles. The van der Waals surface area contributed by atoms with Crippen molar-refractivity contribution in [1.82, 2.24) is 9.97 Å². The number of anilines is 1. The number of carbonyl (C=O) groups excluding carboxylic acids is 1. The van der Waals surface area contributed by atoms with E-state index in [1.54, 1.807) is 12.5 Å². The third-order valence-corrected chi connectivity index (χ3v) is 2.67. The second-order valence-corrected chi connectivity index (χ2v) is 3.84. The molecule has 0 fully saturated rings. The molecule has 6 nitrogen and oxygen atoms in total. The molecule has 0 radical (unpaired) electrons. The predicted octanol–water partition coefficient (Wildman–Crippen LogP) is 1.88. The molecule has 0 aliphatic rings. The standard InChI is InChI=1S/C13H15N3O3/c1-3-16(9-10-5-4-6-19-10)12-8-14-11(7-15-12)13(17)18-2/h4-8H,3,9H2,1-2H3. The molecule has 2 aromatic rings. The minimum absolute atomic E-state index is 0.195. The Morgan fingerprint density at radius 2 is 2.26 bits per heavy atom. The van der Waals surface area contributed by atoms with Crippen LogP contribution >= 0.6 is 0 Å². The fraction of sp³-hybridized carbons (Fsp3) is 0.308. The van der Waals surface area contributed by atoms with Crippen LogP contribution in [0, 0.1) is 0 Å². The number of methoxy groups -OCH3 is 1. The molecule has 0 saturated heterocycles. The average Bonchev–Trinajstić information content (AvgIpc) is 2.97. The van der Waals surface area contributed by atoms with Crippen LogP contribution in [0.3, 0.4) is 0 Å². The van der Waals surface area contributed by atoms with Gasteiger partial charge in [0.05, 0.1) is 32.3 Å². The van der Waals surface area contributed by atoms with Gasteiger partial charge in [0.2, 0.25) is 0 Å². The zero-order chi connectivity index (χ0) is 13.7. The Hall–Kier alpha value is -2.37. The number of rotatable bonds is 5. The van der Waals surface area contributed by atoms with Gasteiger partial charge in [-0.15, -0.1) is 0 Å². The third-order valence-electron chi connectivity index (χ3n) is 2.67. The highest BCUT2D eigenvalue weighted by Gasteiger charge is 2.12. The number of hydrogen-bond acceptors (Lipinski definition) is 6. The highest BCUT2D eigenvalue weighted by molar-refractivity contribution is 5.86. The maximum atomic E-state index is 11.3. The van der Waals surface area contributed by atoms with Crippen molar-refractivity contribution in [2.24, 2.45) is 0 Å². The minimum Gasteiger partial charge on any atom is -0.467 e. The summed E-state index contributed by atoms with van der Waals surface area (Å²) < 4.78 is 9.88. The second kappa shape index (κ2) is 5.99. The van der Waals surface area contributed by atoms with E-state index >= 15 is 0 Å². The molecule has 0 N–H and O–H groups in total. The number of hydrogen-bond donors (Lipinski definition) is 0. The lowest BCUT2D eigenvalue weighted by atomic mass is 10.4. The van der Waals surface area contributed by atoms with E-state index in [-0.39, 0.29) is 5.69 Å². The Morgan fingerprint density at radius 3 is 2.79 bits per heavy atom. The number of furan rings is 1. The quantitative estimate of drug-likeness (QED) is 0.765. The van der Waals surface area contributed by atoms with Gasteiger partial charge in [0.1, 0.15) is 11.6 Å². The van der Waals surface area contributed by atoms with E-state index in [4.69, 9.17) is 4.42 Å². The van der Waals surface area contributed by atoms with E-state index in [0.29, 0.717) is 12.4 Å². The Bertz CT molecular complexity index is 523. The lowest BCUT2D eigenvalue weighted by Gasteiger charge is -2.20. The van der Waals surface area contributed by atoms with Gasteiger partial charge in [-0.3, -0.25) is 0 Å². The van der Waals surface area contributed by atoms with Crippen molar-refractivity contribution in [1.29, 1.82) is 0 Å². The van der Waals surface area contributed by atoms with Crippen molar-refractivity contribution in [3.05, 3.63) is 42.2 Å². The van der Waals surface area contributed by atoms with Crippen molar-refractivity contribution in [2.45, 2.75) is 13.5 Å². The summed E-state index contributed by atoms with van der Waals surface area (Å²) in [7, 11) is 1.31. The van der Waals surface area contributed by atoms with Gasteiger partial charge in [0.25, 0.3) is 0 Å². The Balaban J connectivity index is 2.12. The number of carbonyl (C=O) groups is 1. The Kier molecular flexibility index (Phi) is 4.12. The molecule has 0 bridgehead atoms. The normalized spacial score (nSPS) is 10.2. The Morgan fingerprint density at radius 1 is 1.42 bits per heavy atom. The van der Waals surface area contributed by atoms with Crippen LogP contribution in [0.25, 0.3) is 0 Å². The molecule has 2 rings (SSSR count). The van der Waals surface area contributed by atoms with Crippen molar-refractivity contribution in [3.63, 3.8) is 0 Å². The molecule has 2 heterocycles. The summed E-state index contributed by atoms with van der Waals surface area (Å²) in [4.78, 5) is 21.5. The van der Waals surface area contributed by atoms with Crippen LogP contribution < -0.4 is 4.90 Å². The first-order valence-electron chi connectivity index (χ1n) is 5.92. The van der Waals surface area contributed by atoms with Crippen LogP contribution in [0.2, 0.25) is 0 Å². The van der Waals surface area contributed by atoms with Crippen LogP contribution in [0.5, 0.6) is 0 Å². The predicted molar refractivity (Wildman–Crippen MR) is 68.8 cm³/mol. The second-order valence-electron chi connectivity index (χ2n) is 3.84. The molecule has 100 valence electrons. The van der Waals surface area contributed by atoms with Crippen LogP contribution in [0.15, 0.2) is 35.2 Å². The summed E-state index contributed by atoms with van der Waals surface area (Å²) in [5, 5.41) is 0. The van der Waals surface area contributed by atoms with E-state index in [9.17, 15) is 4.79 Å². The molecule has 6 heteroatoms. The maximum absolute atomic E-state index is 11.3. The van der Waals surface area contributed by atoms with E-state index in [1.165, 1.54) is 13.3 Å². The molecule has 2 aromatic heterocycles. The van der Waals surface area contributed by atoms with Gasteiger partial charge < -0.3 is 14.1 Å². The van der Waals surface area contributed by atoms with Crippen molar-refractivity contribution in [2.75, 3.05) is 18.6 Å². The molecule has 0 atom stereocenters. The third kappa shape index (κ3) is 3.09. The number of ether oxygens (including phenoxy) is 1. The van der Waals surface area contributed by atoms with E-state index in [0.717, 1.165) is 12.3 Å². The smallest absolute Gasteiger partial charge is 0.358 e. The molecular weight excluding hydrogens is 246 g/mol. The van der Waals surface area contributed by atoms with Crippen molar-refractivity contribution in [3.8, 4) is 0 Å². The summed E-state index contributed by atoms with van der Waals surface area (Å²) in [5.74, 6) is 1.04. The fourth-order valence-electron chi connectivity index (χ4n) is 1.64. The van der Waals surface area contributed by atoms with Gasteiger partial charge >= 0.3 is 5.97 Å². The molecule has 0 amide bonds. The molecule has 0 saturated carbocycles. The van der Waals surface area contributed by atoms with Gasteiger partial charge in [0, 0.05) is 6.54 Å². The molecular formula is C13H15N3O3. The van der Waals surface area contributed by atoms with E-state index in [1.807, 2.05) is 24.0 Å². The zero-order valence-corrected chi connectivity index (χ0v) is 10.9. The summed E-state index contributed by atoms with van der Waals surface area (Å²) in [6.45, 7) is 3.38. The first kappa shape index (κ1) is 13.1. The van der Waals surface area contributed by atoms with Crippen molar-refractivity contribution >= 4 is 11.8 Å². The highest BCUT2D eigenvalue weighted by Crippen LogP contribution is 2.13. The monoisotopic (exact) mass is 261 g/mol. The Labute approximate surface area is 111 Å². The first-order chi connectivity index (χ1) is 9.24. The van der Waals surface area contributed by atoms with E-state index in [2.05, 4.69) is 14.7 Å². The van der Waals surface area contributed by atoms with Gasteiger partial charge in [0.15, 0.2) is 5.69 Å². The minimum atomic E-state index is -0.492. The molecule has 0 unspecified atom stereocenters. The van der Waals surface area contributed by atoms with Gasteiger partial charge in [-0.2, -0.15) is 0 Å². The fourth-order valence-corrected chi connectivity index (χ4v) is 1.64. The topological polar surface area (TPSA) is 68.5 Å². The van der Waals surface area contributed by atoms with Crippen molar-refractivity contribution < 1.29 is 13.9 Å². The largest absolute Gasteiger partial charge is 0.467 e. The first-order valence-corrected chi connectivity index (χ1v) is 5.92. The summed E-state index contributed by atoms with van der Waals surface area (Å²) in [6.07, 6.45) is 4.60. The maximum Gasteiger partial charge on any atom is 0.358 e. The summed E-state index contributed by atoms with van der Waals surface area (Å²) in [6, 6.07) is 3.74. The highest BCUT2D eigenvalue weighted by atomic mass is 16.5. The molecule has 0 aliphatic heterocycles. The van der Waals surface area contributed by atoms with E-state index < -0.39 is 5.97 Å². The number of aromatic nitrogens is 2. The number of nitrogens with zero attached hydrogens (tertiary/aromatic N) is 3. The van der Waals surface area contributed by atoms with Gasteiger partial charge in [-0.25, -0.2) is 14.8 Å². The zero-order valence-electron chi connectivity index (χ0n) is 10.9.